The van der Waals surface area contributed by atoms with Crippen molar-refractivity contribution in [3.8, 4) is 11.8 Å². The molecule has 11 nitrogen and oxygen atoms in total. The number of pyridine rings is 1. The number of hydrogen-bond acceptors (Lipinski definition) is 9. The molecule has 1 saturated carbocycles. The number of fused-ring (bicyclic) bond motifs is 2. The lowest BCUT2D eigenvalue weighted by Crippen LogP contribution is -2.55. The predicted octanol–water partition coefficient (Wildman–Crippen LogP) is 3.85. The Morgan fingerprint density at radius 1 is 1.21 bits per heavy atom. The summed E-state index contributed by atoms with van der Waals surface area (Å²) < 4.78 is 11.2. The van der Waals surface area contributed by atoms with Crippen LogP contribution >= 0.6 is 0 Å². The number of carbonyl (C=O) groups is 2. The van der Waals surface area contributed by atoms with Gasteiger partial charge >= 0.3 is 6.09 Å². The fourth-order valence-electron chi connectivity index (χ4n) is 5.51. The number of nitrogens with zero attached hydrogens (tertiary/aromatic N) is 4. The number of anilines is 1. The monoisotopic (exact) mass is 575 g/mol. The summed E-state index contributed by atoms with van der Waals surface area (Å²) in [7, 11) is 0. The van der Waals surface area contributed by atoms with Gasteiger partial charge in [-0.15, -0.1) is 0 Å². The van der Waals surface area contributed by atoms with E-state index >= 15 is 0 Å². The summed E-state index contributed by atoms with van der Waals surface area (Å²) in [5, 5.41) is 14.1. The average molecular weight is 576 g/mol. The van der Waals surface area contributed by atoms with Crippen LogP contribution in [0.2, 0.25) is 0 Å². The number of nitriles is 1. The normalized spacial score (nSPS) is 20.7. The first-order valence-corrected chi connectivity index (χ1v) is 14.3. The zero-order chi connectivity index (χ0) is 30.6. The van der Waals surface area contributed by atoms with E-state index in [4.69, 9.17) is 21.1 Å². The number of rotatable bonds is 9. The van der Waals surface area contributed by atoms with E-state index in [-0.39, 0.29) is 24.0 Å². The van der Waals surface area contributed by atoms with Gasteiger partial charge in [0.25, 0.3) is 0 Å². The minimum Gasteiger partial charge on any atom is -0.489 e. The molecule has 2 fully saturated rings. The van der Waals surface area contributed by atoms with Gasteiger partial charge < -0.3 is 20.5 Å². The maximum absolute atomic E-state index is 13.3. The van der Waals surface area contributed by atoms with Crippen LogP contribution in [-0.2, 0) is 16.0 Å². The van der Waals surface area contributed by atoms with Crippen LogP contribution in [0.4, 0.5) is 10.5 Å². The number of piperidine rings is 1. The lowest BCUT2D eigenvalue weighted by atomic mass is 9.97. The molecule has 4 rings (SSSR count). The second-order valence-corrected chi connectivity index (χ2v) is 12.2. The molecule has 1 saturated heterocycles. The van der Waals surface area contributed by atoms with Gasteiger partial charge in [-0.1, -0.05) is 12.1 Å². The summed E-state index contributed by atoms with van der Waals surface area (Å²) in [6, 6.07) is 11.6. The van der Waals surface area contributed by atoms with Crippen molar-refractivity contribution < 1.29 is 19.1 Å². The van der Waals surface area contributed by atoms with Gasteiger partial charge in [-0.2, -0.15) is 5.26 Å². The molecule has 4 atom stereocenters. The second-order valence-electron chi connectivity index (χ2n) is 12.2. The Bertz CT molecular complexity index is 1330. The van der Waals surface area contributed by atoms with Crippen molar-refractivity contribution in [1.29, 1.82) is 5.26 Å². The number of benzene rings is 1. The third-order valence-electron chi connectivity index (χ3n) is 7.29. The Hall–Kier alpha value is -4.30. The van der Waals surface area contributed by atoms with Crippen molar-refractivity contribution in [2.45, 2.75) is 90.1 Å². The molecule has 1 aliphatic carbocycles. The molecule has 0 spiro atoms. The van der Waals surface area contributed by atoms with Crippen molar-refractivity contribution in [3.63, 3.8) is 0 Å². The highest BCUT2D eigenvalue weighted by molar-refractivity contribution is 5.87. The summed E-state index contributed by atoms with van der Waals surface area (Å²) >= 11 is 0. The van der Waals surface area contributed by atoms with E-state index in [9.17, 15) is 14.9 Å². The van der Waals surface area contributed by atoms with Crippen LogP contribution in [0.15, 0.2) is 48.8 Å². The first-order valence-electron chi connectivity index (χ1n) is 14.3. The van der Waals surface area contributed by atoms with Gasteiger partial charge in [0, 0.05) is 18.7 Å². The summed E-state index contributed by atoms with van der Waals surface area (Å²) in [5.74, 6) is 6.63. The average Bonchev–Trinajstić information content (AvgIpc) is 3.54. The molecular formula is C31H41N7O4. The van der Waals surface area contributed by atoms with Gasteiger partial charge in [0.15, 0.2) is 0 Å². The molecule has 5 N–H and O–H groups in total. The Labute approximate surface area is 247 Å². The highest BCUT2D eigenvalue weighted by Gasteiger charge is 2.52. The first-order chi connectivity index (χ1) is 19.8. The third kappa shape index (κ3) is 7.50. The van der Waals surface area contributed by atoms with E-state index in [0.717, 1.165) is 24.8 Å². The quantitative estimate of drug-likeness (QED) is 0.298. The molecule has 1 aliphatic heterocycles. The molecule has 2 heterocycles. The van der Waals surface area contributed by atoms with E-state index < -0.39 is 23.8 Å². The Morgan fingerprint density at radius 3 is 2.52 bits per heavy atom. The van der Waals surface area contributed by atoms with Crippen molar-refractivity contribution in [3.05, 3.63) is 60.1 Å². The Balaban J connectivity index is 1.36. The highest BCUT2D eigenvalue weighted by Crippen LogP contribution is 2.43. The van der Waals surface area contributed by atoms with Crippen LogP contribution in [0, 0.1) is 17.2 Å². The van der Waals surface area contributed by atoms with E-state index in [1.807, 2.05) is 38.1 Å². The number of ether oxygens (including phenoxy) is 2. The van der Waals surface area contributed by atoms with Crippen LogP contribution in [0.5, 0.6) is 5.75 Å². The van der Waals surface area contributed by atoms with Crippen molar-refractivity contribution in [2.24, 2.45) is 17.5 Å². The Kier molecular flexibility index (Phi) is 9.27. The number of aromatic nitrogens is 1. The highest BCUT2D eigenvalue weighted by atomic mass is 16.6. The SMILES string of the molecule is CC(C)Oc1ccc(/C(N)=C/N(N)c2ccc(C[C@@H](C#N)NC(=O)C3C4CCC(C4)N3C(=O)OC(C)(C)C)cc2)nc1. The van der Waals surface area contributed by atoms with Crippen LogP contribution < -0.4 is 26.6 Å². The number of carbonyl (C=O) groups excluding carboxylic acids is 2. The molecule has 42 heavy (non-hydrogen) atoms. The summed E-state index contributed by atoms with van der Waals surface area (Å²) in [6.07, 6.45) is 5.57. The summed E-state index contributed by atoms with van der Waals surface area (Å²) in [6.45, 7) is 9.30. The van der Waals surface area contributed by atoms with E-state index in [1.54, 1.807) is 50.2 Å². The molecule has 11 heteroatoms. The number of hydrazine groups is 1. The minimum atomic E-state index is -0.763. The fraction of sp³-hybridized carbons (Fsp3) is 0.484. The zero-order valence-corrected chi connectivity index (χ0v) is 24.9. The van der Waals surface area contributed by atoms with Crippen molar-refractivity contribution in [1.82, 2.24) is 15.2 Å². The van der Waals surface area contributed by atoms with Gasteiger partial charge in [0.2, 0.25) is 5.91 Å². The second kappa shape index (κ2) is 12.7. The maximum atomic E-state index is 13.3. The van der Waals surface area contributed by atoms with Crippen LogP contribution in [-0.4, -0.2) is 51.7 Å². The topological polar surface area (TPSA) is 160 Å². The number of amides is 2. The number of likely N-dealkylation sites (tertiary alicyclic amines) is 1. The third-order valence-corrected chi connectivity index (χ3v) is 7.29. The molecule has 1 aromatic heterocycles. The lowest BCUT2D eigenvalue weighted by Gasteiger charge is -2.35. The first kappa shape index (κ1) is 30.7. The molecule has 0 radical (unpaired) electrons. The minimum absolute atomic E-state index is 0.00925. The molecule has 2 bridgehead atoms. The smallest absolute Gasteiger partial charge is 0.411 e. The summed E-state index contributed by atoms with van der Waals surface area (Å²) in [4.78, 5) is 32.2. The number of nitrogens with two attached hydrogens (primary N) is 2. The van der Waals surface area contributed by atoms with Gasteiger partial charge in [0.05, 0.1) is 35.4 Å². The van der Waals surface area contributed by atoms with Crippen LogP contribution in [0.1, 0.15) is 65.1 Å². The van der Waals surface area contributed by atoms with Crippen LogP contribution in [0.25, 0.3) is 5.70 Å². The largest absolute Gasteiger partial charge is 0.489 e. The van der Waals surface area contributed by atoms with Gasteiger partial charge in [-0.3, -0.25) is 19.7 Å². The fourth-order valence-corrected chi connectivity index (χ4v) is 5.51. The van der Waals surface area contributed by atoms with E-state index in [2.05, 4.69) is 16.4 Å². The zero-order valence-electron chi connectivity index (χ0n) is 24.9. The standard InChI is InChI=1S/C31H41N7O4/c1-19(2)41-25-12-13-27(35-17-25)26(33)18-37(34)23-9-6-20(7-10-23)14-22(16-32)36-29(39)28-21-8-11-24(15-21)38(28)30(40)42-31(3,4)5/h6-7,9-10,12-13,17-19,21-22,24,28H,8,11,14-15,33-34H2,1-5H3,(H,36,39)/b26-18-/t21?,22-,24?,28?/m0/s1. The molecule has 2 amide bonds. The van der Waals surface area contributed by atoms with E-state index in [0.29, 0.717) is 29.2 Å². The molecular weight excluding hydrogens is 534 g/mol. The van der Waals surface area contributed by atoms with E-state index in [1.165, 1.54) is 5.01 Å². The van der Waals surface area contributed by atoms with Crippen LogP contribution in [0.3, 0.4) is 0 Å². The molecule has 1 aromatic carbocycles. The number of nitrogens with one attached hydrogen (secondary N) is 1. The molecule has 224 valence electrons. The predicted molar refractivity (Wildman–Crippen MR) is 160 cm³/mol. The van der Waals surface area contributed by atoms with Gasteiger partial charge in [-0.25, -0.2) is 10.6 Å². The molecule has 2 aliphatic rings. The number of hydrogen-bond donors (Lipinski definition) is 3. The molecule has 3 unspecified atom stereocenters. The van der Waals surface area contributed by atoms with Gasteiger partial charge in [0.1, 0.15) is 23.4 Å². The van der Waals surface area contributed by atoms with Crippen molar-refractivity contribution >= 4 is 23.4 Å². The molecule has 2 aromatic rings. The van der Waals surface area contributed by atoms with Crippen molar-refractivity contribution in [2.75, 3.05) is 5.01 Å². The maximum Gasteiger partial charge on any atom is 0.411 e. The Morgan fingerprint density at radius 2 is 1.93 bits per heavy atom. The lowest BCUT2D eigenvalue weighted by molar-refractivity contribution is -0.128. The van der Waals surface area contributed by atoms with Gasteiger partial charge in [-0.05, 0) is 89.6 Å². The summed E-state index contributed by atoms with van der Waals surface area (Å²) in [5.41, 5.74) is 8.01.